The minimum Gasteiger partial charge on any atom is -0.475 e. The van der Waals surface area contributed by atoms with E-state index in [-0.39, 0.29) is 0 Å². The molecular formula is C17H19F3N2O2. The molecule has 0 bridgehead atoms. The molecule has 1 fully saturated rings. The highest BCUT2D eigenvalue weighted by Gasteiger charge is 2.38. The van der Waals surface area contributed by atoms with Crippen molar-refractivity contribution in [2.45, 2.75) is 25.6 Å². The Morgan fingerprint density at radius 3 is 2.00 bits per heavy atom. The Morgan fingerprint density at radius 2 is 1.54 bits per heavy atom. The maximum Gasteiger partial charge on any atom is 0.490 e. The van der Waals surface area contributed by atoms with Crippen LogP contribution in [0.25, 0.3) is 5.69 Å². The molecule has 1 aromatic carbocycles. The molecule has 4 nitrogen and oxygen atoms in total. The number of carboxylic acids is 1. The first-order valence-electron chi connectivity index (χ1n) is 7.61. The lowest BCUT2D eigenvalue weighted by Gasteiger charge is -2.14. The quantitative estimate of drug-likeness (QED) is 0.926. The maximum absolute atomic E-state index is 10.6. The first-order chi connectivity index (χ1) is 11.4. The maximum atomic E-state index is 10.6. The Morgan fingerprint density at radius 1 is 1.04 bits per heavy atom. The molecule has 0 aliphatic carbocycles. The predicted molar refractivity (Wildman–Crippen MR) is 84.0 cm³/mol. The van der Waals surface area contributed by atoms with Crippen molar-refractivity contribution >= 4 is 5.97 Å². The molecule has 1 saturated heterocycles. The summed E-state index contributed by atoms with van der Waals surface area (Å²) in [6, 6.07) is 13.0. The van der Waals surface area contributed by atoms with Gasteiger partial charge in [0.1, 0.15) is 0 Å². The number of nitrogens with zero attached hydrogens (tertiary/aromatic N) is 2. The van der Waals surface area contributed by atoms with Crippen LogP contribution in [-0.4, -0.2) is 39.8 Å². The van der Waals surface area contributed by atoms with E-state index < -0.39 is 12.1 Å². The number of hydrogen-bond donors (Lipinski definition) is 1. The molecule has 3 rings (SSSR count). The fourth-order valence-electron chi connectivity index (χ4n) is 2.48. The number of carboxylic acid groups (broad SMARTS) is 1. The molecule has 2 heterocycles. The van der Waals surface area contributed by atoms with Crippen LogP contribution in [0.5, 0.6) is 0 Å². The van der Waals surface area contributed by atoms with E-state index in [0.29, 0.717) is 0 Å². The van der Waals surface area contributed by atoms with Gasteiger partial charge in [-0.15, -0.1) is 0 Å². The Labute approximate surface area is 138 Å². The molecule has 7 heteroatoms. The zero-order valence-electron chi connectivity index (χ0n) is 13.0. The highest BCUT2D eigenvalue weighted by atomic mass is 19.4. The third kappa shape index (κ3) is 5.42. The molecule has 0 amide bonds. The summed E-state index contributed by atoms with van der Waals surface area (Å²) in [4.78, 5) is 11.4. The number of hydrogen-bond acceptors (Lipinski definition) is 2. The Balaban J connectivity index is 0.000000256. The second-order valence-corrected chi connectivity index (χ2v) is 5.54. The van der Waals surface area contributed by atoms with E-state index in [1.54, 1.807) is 0 Å². The second-order valence-electron chi connectivity index (χ2n) is 5.54. The van der Waals surface area contributed by atoms with Crippen molar-refractivity contribution in [1.29, 1.82) is 0 Å². The average molecular weight is 340 g/mol. The van der Waals surface area contributed by atoms with Crippen molar-refractivity contribution in [3.63, 3.8) is 0 Å². The van der Waals surface area contributed by atoms with Gasteiger partial charge in [-0.1, -0.05) is 12.1 Å². The molecule has 2 aromatic rings. The largest absolute Gasteiger partial charge is 0.490 e. The molecule has 0 radical (unpaired) electrons. The van der Waals surface area contributed by atoms with E-state index in [1.807, 2.05) is 0 Å². The summed E-state index contributed by atoms with van der Waals surface area (Å²) in [5.74, 6) is -2.76. The highest BCUT2D eigenvalue weighted by molar-refractivity contribution is 5.73. The standard InChI is InChI=1S/C15H18N2.C2HF3O2/c1-2-10-16(9-1)13-14-5-7-15(8-6-14)17-11-3-4-12-17;3-2(4,5)1(6)7/h3-8,11-12H,1-2,9-10,13H2;(H,6,7). The van der Waals surface area contributed by atoms with E-state index in [9.17, 15) is 13.2 Å². The molecular weight excluding hydrogens is 321 g/mol. The lowest BCUT2D eigenvalue weighted by molar-refractivity contribution is -0.192. The van der Waals surface area contributed by atoms with Gasteiger partial charge >= 0.3 is 12.1 Å². The minimum absolute atomic E-state index is 1.10. The van der Waals surface area contributed by atoms with Crippen molar-refractivity contribution < 1.29 is 23.1 Å². The summed E-state index contributed by atoms with van der Waals surface area (Å²) in [5, 5.41) is 7.12. The smallest absolute Gasteiger partial charge is 0.475 e. The fourth-order valence-corrected chi connectivity index (χ4v) is 2.48. The van der Waals surface area contributed by atoms with Crippen LogP contribution in [0.15, 0.2) is 48.8 Å². The van der Waals surface area contributed by atoms with Crippen LogP contribution in [0, 0.1) is 0 Å². The normalized spacial score (nSPS) is 15.0. The Bertz CT molecular complexity index is 631. The van der Waals surface area contributed by atoms with E-state index in [1.165, 1.54) is 37.2 Å². The van der Waals surface area contributed by atoms with Gasteiger partial charge in [0, 0.05) is 24.6 Å². The molecule has 1 aromatic heterocycles. The third-order valence-corrected chi connectivity index (χ3v) is 3.69. The van der Waals surface area contributed by atoms with E-state index in [0.717, 1.165) is 6.54 Å². The molecule has 0 unspecified atom stereocenters. The average Bonchev–Trinajstić information content (AvgIpc) is 3.20. The van der Waals surface area contributed by atoms with Crippen LogP contribution in [0.3, 0.4) is 0 Å². The van der Waals surface area contributed by atoms with Gasteiger partial charge < -0.3 is 9.67 Å². The van der Waals surface area contributed by atoms with Gasteiger partial charge in [-0.05, 0) is 55.8 Å². The summed E-state index contributed by atoms with van der Waals surface area (Å²) in [7, 11) is 0. The van der Waals surface area contributed by atoms with Crippen molar-refractivity contribution in [1.82, 2.24) is 9.47 Å². The number of likely N-dealkylation sites (tertiary alicyclic amines) is 1. The van der Waals surface area contributed by atoms with Gasteiger partial charge in [-0.3, -0.25) is 4.90 Å². The van der Waals surface area contributed by atoms with Gasteiger partial charge in [-0.2, -0.15) is 13.2 Å². The van der Waals surface area contributed by atoms with E-state index >= 15 is 0 Å². The van der Waals surface area contributed by atoms with Crippen molar-refractivity contribution in [2.75, 3.05) is 13.1 Å². The SMILES string of the molecule is O=C(O)C(F)(F)F.c1ccn(-c2ccc(CN3CCCC3)cc2)c1. The van der Waals surface area contributed by atoms with Crippen LogP contribution in [0.2, 0.25) is 0 Å². The number of alkyl halides is 3. The van der Waals surface area contributed by atoms with Gasteiger partial charge in [0.15, 0.2) is 0 Å². The molecule has 0 atom stereocenters. The van der Waals surface area contributed by atoms with Crippen LogP contribution in [-0.2, 0) is 11.3 Å². The predicted octanol–water partition coefficient (Wildman–Crippen LogP) is 3.71. The fraction of sp³-hybridized carbons (Fsp3) is 0.353. The van der Waals surface area contributed by atoms with E-state index in [2.05, 4.69) is 58.3 Å². The van der Waals surface area contributed by atoms with Gasteiger partial charge in [-0.25, -0.2) is 4.79 Å². The second kappa shape index (κ2) is 8.01. The Hall–Kier alpha value is -2.28. The minimum atomic E-state index is -5.08. The summed E-state index contributed by atoms with van der Waals surface area (Å²) in [5.41, 5.74) is 2.66. The van der Waals surface area contributed by atoms with Crippen molar-refractivity contribution in [3.05, 3.63) is 54.4 Å². The highest BCUT2D eigenvalue weighted by Crippen LogP contribution is 2.15. The van der Waals surface area contributed by atoms with Crippen LogP contribution >= 0.6 is 0 Å². The number of carbonyl (C=O) groups is 1. The zero-order chi connectivity index (χ0) is 17.6. The van der Waals surface area contributed by atoms with Crippen molar-refractivity contribution in [2.24, 2.45) is 0 Å². The summed E-state index contributed by atoms with van der Waals surface area (Å²) in [6.07, 6.45) is 1.80. The number of rotatable bonds is 3. The van der Waals surface area contributed by atoms with Gasteiger partial charge in [0.2, 0.25) is 0 Å². The zero-order valence-corrected chi connectivity index (χ0v) is 13.0. The topological polar surface area (TPSA) is 45.5 Å². The van der Waals surface area contributed by atoms with Gasteiger partial charge in [0.05, 0.1) is 0 Å². The summed E-state index contributed by atoms with van der Waals surface area (Å²) in [6.45, 7) is 3.63. The molecule has 1 aliphatic heterocycles. The number of aliphatic carboxylic acids is 1. The van der Waals surface area contributed by atoms with Gasteiger partial charge in [0.25, 0.3) is 0 Å². The molecule has 0 saturated carbocycles. The number of benzene rings is 1. The van der Waals surface area contributed by atoms with Crippen LogP contribution in [0.1, 0.15) is 18.4 Å². The molecule has 24 heavy (non-hydrogen) atoms. The summed E-state index contributed by atoms with van der Waals surface area (Å²) >= 11 is 0. The first kappa shape index (κ1) is 18.1. The number of halogens is 3. The summed E-state index contributed by atoms with van der Waals surface area (Å²) < 4.78 is 33.9. The van der Waals surface area contributed by atoms with Crippen molar-refractivity contribution in [3.8, 4) is 5.69 Å². The number of aromatic nitrogens is 1. The molecule has 130 valence electrons. The lowest BCUT2D eigenvalue weighted by Crippen LogP contribution is -2.21. The van der Waals surface area contributed by atoms with E-state index in [4.69, 9.17) is 9.90 Å². The Kier molecular flexibility index (Phi) is 6.03. The molecule has 1 aliphatic rings. The molecule has 1 N–H and O–H groups in total. The monoisotopic (exact) mass is 340 g/mol. The lowest BCUT2D eigenvalue weighted by atomic mass is 10.2. The molecule has 0 spiro atoms. The third-order valence-electron chi connectivity index (χ3n) is 3.69. The van der Waals surface area contributed by atoms with Crippen LogP contribution < -0.4 is 0 Å². The first-order valence-corrected chi connectivity index (χ1v) is 7.61. The van der Waals surface area contributed by atoms with Crippen LogP contribution in [0.4, 0.5) is 13.2 Å².